The van der Waals surface area contributed by atoms with Gasteiger partial charge in [-0.3, -0.25) is 9.59 Å². The SMILES string of the molecule is COc1c(C(=O)N2CCC[C@@H](C(=O)NC3CC3)C2)nnn1Cc1ccccc1. The summed E-state index contributed by atoms with van der Waals surface area (Å²) in [5.41, 5.74) is 1.24. The minimum atomic E-state index is -0.236. The van der Waals surface area contributed by atoms with Crippen LogP contribution in [0.3, 0.4) is 0 Å². The van der Waals surface area contributed by atoms with E-state index in [9.17, 15) is 9.59 Å². The predicted octanol–water partition coefficient (Wildman–Crippen LogP) is 1.47. The molecule has 2 heterocycles. The molecule has 1 aromatic carbocycles. The molecule has 0 unspecified atom stereocenters. The van der Waals surface area contributed by atoms with Crippen molar-refractivity contribution < 1.29 is 14.3 Å². The van der Waals surface area contributed by atoms with Crippen LogP contribution in [0.1, 0.15) is 41.7 Å². The number of aromatic nitrogens is 3. The summed E-state index contributed by atoms with van der Waals surface area (Å²) in [4.78, 5) is 27.1. The van der Waals surface area contributed by atoms with Crippen LogP contribution < -0.4 is 10.1 Å². The van der Waals surface area contributed by atoms with Crippen molar-refractivity contribution in [1.82, 2.24) is 25.2 Å². The largest absolute Gasteiger partial charge is 0.479 e. The second kappa shape index (κ2) is 8.00. The number of carbonyl (C=O) groups excluding carboxylic acids is 2. The van der Waals surface area contributed by atoms with Crippen LogP contribution in [-0.2, 0) is 11.3 Å². The highest BCUT2D eigenvalue weighted by atomic mass is 16.5. The summed E-state index contributed by atoms with van der Waals surface area (Å²) in [5.74, 6) is 0.00171. The van der Waals surface area contributed by atoms with Crippen molar-refractivity contribution in [3.05, 3.63) is 41.6 Å². The molecule has 1 aliphatic carbocycles. The molecule has 1 atom stereocenters. The first kappa shape index (κ1) is 18.5. The summed E-state index contributed by atoms with van der Waals surface area (Å²) in [5, 5.41) is 11.2. The van der Waals surface area contributed by atoms with E-state index in [4.69, 9.17) is 4.74 Å². The molecule has 1 aliphatic heterocycles. The van der Waals surface area contributed by atoms with Crippen LogP contribution in [0, 0.1) is 5.92 Å². The fourth-order valence-corrected chi connectivity index (χ4v) is 3.57. The second-order valence-corrected chi connectivity index (χ2v) is 7.46. The van der Waals surface area contributed by atoms with E-state index in [0.717, 1.165) is 31.2 Å². The van der Waals surface area contributed by atoms with Gasteiger partial charge in [0.25, 0.3) is 5.91 Å². The van der Waals surface area contributed by atoms with Gasteiger partial charge in [0, 0.05) is 19.1 Å². The number of carbonyl (C=O) groups is 2. The molecule has 28 heavy (non-hydrogen) atoms. The third-order valence-corrected chi connectivity index (χ3v) is 5.26. The van der Waals surface area contributed by atoms with Crippen LogP contribution in [-0.4, -0.2) is 57.9 Å². The quantitative estimate of drug-likeness (QED) is 0.816. The summed E-state index contributed by atoms with van der Waals surface area (Å²) < 4.78 is 7.03. The van der Waals surface area contributed by atoms with Gasteiger partial charge in [-0.15, -0.1) is 5.10 Å². The Morgan fingerprint density at radius 3 is 2.71 bits per heavy atom. The third kappa shape index (κ3) is 4.00. The first-order valence-corrected chi connectivity index (χ1v) is 9.76. The Morgan fingerprint density at radius 2 is 2.00 bits per heavy atom. The molecule has 8 nitrogen and oxygen atoms in total. The maximum absolute atomic E-state index is 13.0. The van der Waals surface area contributed by atoms with Crippen LogP contribution in [0.2, 0.25) is 0 Å². The van der Waals surface area contributed by atoms with Crippen molar-refractivity contribution in [3.63, 3.8) is 0 Å². The molecule has 2 aromatic rings. The van der Waals surface area contributed by atoms with E-state index in [-0.39, 0.29) is 23.4 Å². The maximum atomic E-state index is 13.0. The molecule has 1 saturated carbocycles. The second-order valence-electron chi connectivity index (χ2n) is 7.46. The molecule has 0 radical (unpaired) electrons. The number of hydrogen-bond acceptors (Lipinski definition) is 5. The minimum Gasteiger partial charge on any atom is -0.479 e. The van der Waals surface area contributed by atoms with Crippen LogP contribution in [0.5, 0.6) is 5.88 Å². The molecule has 4 rings (SSSR count). The maximum Gasteiger partial charge on any atom is 0.280 e. The number of rotatable bonds is 6. The number of methoxy groups -OCH3 is 1. The minimum absolute atomic E-state index is 0.0553. The normalized spacial score (nSPS) is 19.3. The zero-order valence-electron chi connectivity index (χ0n) is 16.0. The van der Waals surface area contributed by atoms with Gasteiger partial charge in [0.1, 0.15) is 0 Å². The predicted molar refractivity (Wildman–Crippen MR) is 102 cm³/mol. The molecule has 1 N–H and O–H groups in total. The number of ether oxygens (including phenoxy) is 1. The molecule has 2 amide bonds. The van der Waals surface area contributed by atoms with E-state index in [0.29, 0.717) is 31.6 Å². The Morgan fingerprint density at radius 1 is 1.21 bits per heavy atom. The van der Waals surface area contributed by atoms with E-state index in [1.807, 2.05) is 30.3 Å². The highest BCUT2D eigenvalue weighted by Gasteiger charge is 2.34. The standard InChI is InChI=1S/C20H25N5O3/c1-28-20-17(22-23-25(20)12-14-6-3-2-4-7-14)19(27)24-11-5-8-15(13-24)18(26)21-16-9-10-16/h2-4,6-7,15-16H,5,8-13H2,1H3,(H,21,26)/t15-/m1/s1. The zero-order valence-corrected chi connectivity index (χ0v) is 16.0. The Balaban J connectivity index is 1.47. The molecule has 2 aliphatic rings. The Kier molecular flexibility index (Phi) is 5.27. The molecular weight excluding hydrogens is 358 g/mol. The summed E-state index contributed by atoms with van der Waals surface area (Å²) >= 11 is 0. The van der Waals surface area contributed by atoms with Crippen molar-refractivity contribution in [2.75, 3.05) is 20.2 Å². The van der Waals surface area contributed by atoms with Gasteiger partial charge in [-0.25, -0.2) is 4.68 Å². The smallest absolute Gasteiger partial charge is 0.280 e. The molecular formula is C20H25N5O3. The molecule has 2 fully saturated rings. The lowest BCUT2D eigenvalue weighted by Gasteiger charge is -2.31. The third-order valence-electron chi connectivity index (χ3n) is 5.26. The Bertz CT molecular complexity index is 847. The van der Waals surface area contributed by atoms with E-state index < -0.39 is 0 Å². The Labute approximate surface area is 163 Å². The first-order chi connectivity index (χ1) is 13.7. The molecule has 1 aromatic heterocycles. The summed E-state index contributed by atoms with van der Waals surface area (Å²) in [6, 6.07) is 10.1. The number of benzene rings is 1. The van der Waals surface area contributed by atoms with Gasteiger partial charge in [0.05, 0.1) is 19.6 Å². The summed E-state index contributed by atoms with van der Waals surface area (Å²) in [7, 11) is 1.51. The number of likely N-dealkylation sites (tertiary alicyclic amines) is 1. The summed E-state index contributed by atoms with van der Waals surface area (Å²) in [6.07, 6.45) is 3.72. The summed E-state index contributed by atoms with van der Waals surface area (Å²) in [6.45, 7) is 1.49. The van der Waals surface area contributed by atoms with E-state index >= 15 is 0 Å². The van der Waals surface area contributed by atoms with Gasteiger partial charge in [-0.1, -0.05) is 35.5 Å². The molecule has 0 spiro atoms. The average Bonchev–Trinajstić information content (AvgIpc) is 3.46. The lowest BCUT2D eigenvalue weighted by Crippen LogP contribution is -2.46. The lowest BCUT2D eigenvalue weighted by atomic mass is 9.97. The van der Waals surface area contributed by atoms with Gasteiger partial charge in [0.2, 0.25) is 17.5 Å². The molecule has 8 heteroatoms. The molecule has 0 bridgehead atoms. The number of hydrogen-bond donors (Lipinski definition) is 1. The average molecular weight is 383 g/mol. The molecule has 148 valence electrons. The lowest BCUT2D eigenvalue weighted by molar-refractivity contribution is -0.126. The highest BCUT2D eigenvalue weighted by molar-refractivity contribution is 5.95. The zero-order chi connectivity index (χ0) is 19.5. The van der Waals surface area contributed by atoms with Crippen molar-refractivity contribution >= 4 is 11.8 Å². The fourth-order valence-electron chi connectivity index (χ4n) is 3.57. The van der Waals surface area contributed by atoms with Gasteiger partial charge in [-0.05, 0) is 31.2 Å². The first-order valence-electron chi connectivity index (χ1n) is 9.76. The topological polar surface area (TPSA) is 89.3 Å². The van der Waals surface area contributed by atoms with Gasteiger partial charge in [0.15, 0.2) is 0 Å². The van der Waals surface area contributed by atoms with Crippen LogP contribution in [0.25, 0.3) is 0 Å². The number of nitrogens with zero attached hydrogens (tertiary/aromatic N) is 4. The number of piperidine rings is 1. The van der Waals surface area contributed by atoms with Gasteiger partial charge in [-0.2, -0.15) is 0 Å². The van der Waals surface area contributed by atoms with Gasteiger partial charge >= 0.3 is 0 Å². The number of amides is 2. The van der Waals surface area contributed by atoms with E-state index in [1.165, 1.54) is 7.11 Å². The Hall–Kier alpha value is -2.90. The number of nitrogens with one attached hydrogen (secondary N) is 1. The fraction of sp³-hybridized carbons (Fsp3) is 0.500. The van der Waals surface area contributed by atoms with Crippen molar-refractivity contribution in [2.24, 2.45) is 5.92 Å². The van der Waals surface area contributed by atoms with Crippen LogP contribution in [0.15, 0.2) is 30.3 Å². The van der Waals surface area contributed by atoms with Crippen molar-refractivity contribution in [1.29, 1.82) is 0 Å². The van der Waals surface area contributed by atoms with E-state index in [2.05, 4.69) is 15.6 Å². The van der Waals surface area contributed by atoms with Crippen LogP contribution in [0.4, 0.5) is 0 Å². The monoisotopic (exact) mass is 383 g/mol. The highest BCUT2D eigenvalue weighted by Crippen LogP contribution is 2.25. The van der Waals surface area contributed by atoms with Crippen molar-refractivity contribution in [3.8, 4) is 5.88 Å². The van der Waals surface area contributed by atoms with Crippen LogP contribution >= 0.6 is 0 Å². The molecule has 1 saturated heterocycles. The van der Waals surface area contributed by atoms with Crippen molar-refractivity contribution in [2.45, 2.75) is 38.3 Å². The van der Waals surface area contributed by atoms with Gasteiger partial charge < -0.3 is 15.0 Å². The van der Waals surface area contributed by atoms with E-state index in [1.54, 1.807) is 9.58 Å².